The molecule has 0 aliphatic rings. The monoisotopic (exact) mass is 504 g/mol. The maximum atomic E-state index is 13.1. The van der Waals surface area contributed by atoms with Crippen molar-refractivity contribution >= 4 is 46.5 Å². The number of H-pyrrole nitrogens is 1. The number of hydrogen-bond acceptors (Lipinski definition) is 7. The number of carboxylic acid groups (broad SMARTS) is 2. The van der Waals surface area contributed by atoms with Crippen LogP contribution < -0.4 is 27.4 Å². The minimum Gasteiger partial charge on any atom is -0.481 e. The highest BCUT2D eigenvalue weighted by Gasteiger charge is 2.30. The highest BCUT2D eigenvalue weighted by atomic mass is 16.4. The highest BCUT2D eigenvalue weighted by molar-refractivity contribution is 5.96. The summed E-state index contributed by atoms with van der Waals surface area (Å²) in [5.74, 6) is -6.12. The molecule has 2 aromatic rings. The van der Waals surface area contributed by atoms with Gasteiger partial charge in [0.1, 0.15) is 18.6 Å². The summed E-state index contributed by atoms with van der Waals surface area (Å²) in [5.41, 5.74) is 12.3. The van der Waals surface area contributed by atoms with Crippen LogP contribution in [0.5, 0.6) is 0 Å². The molecule has 36 heavy (non-hydrogen) atoms. The average molecular weight is 505 g/mol. The lowest BCUT2D eigenvalue weighted by Gasteiger charge is -2.23. The Hall–Kier alpha value is -4.46. The molecule has 3 unspecified atom stereocenters. The highest BCUT2D eigenvalue weighted by Crippen LogP contribution is 2.19. The van der Waals surface area contributed by atoms with E-state index in [-0.39, 0.29) is 19.3 Å². The molecule has 0 aliphatic heterocycles. The summed E-state index contributed by atoms with van der Waals surface area (Å²) in [5, 5.41) is 25.4. The van der Waals surface area contributed by atoms with Crippen LogP contribution in [0.25, 0.3) is 10.9 Å². The number of rotatable bonds is 14. The van der Waals surface area contributed by atoms with E-state index in [9.17, 15) is 28.8 Å². The zero-order valence-electron chi connectivity index (χ0n) is 19.2. The largest absolute Gasteiger partial charge is 0.481 e. The molecule has 2 rings (SSSR count). The van der Waals surface area contributed by atoms with Crippen molar-refractivity contribution in [3.8, 4) is 0 Å². The topological polar surface area (TPSA) is 247 Å². The predicted molar refractivity (Wildman–Crippen MR) is 125 cm³/mol. The summed E-state index contributed by atoms with van der Waals surface area (Å²) in [4.78, 5) is 74.1. The van der Waals surface area contributed by atoms with Crippen molar-refractivity contribution in [1.29, 1.82) is 0 Å². The first-order valence-electron chi connectivity index (χ1n) is 10.9. The zero-order valence-corrected chi connectivity index (χ0v) is 19.2. The quantitative estimate of drug-likeness (QED) is 0.141. The number of benzene rings is 1. The van der Waals surface area contributed by atoms with E-state index in [0.717, 1.165) is 10.9 Å². The van der Waals surface area contributed by atoms with Crippen molar-refractivity contribution in [3.05, 3.63) is 36.0 Å². The Balaban J connectivity index is 2.26. The van der Waals surface area contributed by atoms with Gasteiger partial charge >= 0.3 is 11.9 Å². The van der Waals surface area contributed by atoms with E-state index in [4.69, 9.17) is 21.7 Å². The van der Waals surface area contributed by atoms with Gasteiger partial charge in [0.2, 0.25) is 23.6 Å². The number of aromatic amines is 1. The van der Waals surface area contributed by atoms with Gasteiger partial charge in [0.15, 0.2) is 0 Å². The molecule has 1 heterocycles. The summed E-state index contributed by atoms with van der Waals surface area (Å²) < 4.78 is 0. The number of fused-ring (bicyclic) bond motifs is 1. The van der Waals surface area contributed by atoms with Gasteiger partial charge in [-0.3, -0.25) is 28.8 Å². The van der Waals surface area contributed by atoms with E-state index in [2.05, 4.69) is 15.6 Å². The Bertz CT molecular complexity index is 1150. The van der Waals surface area contributed by atoms with Crippen LogP contribution in [0.4, 0.5) is 0 Å². The van der Waals surface area contributed by atoms with Crippen molar-refractivity contribution < 1.29 is 39.0 Å². The third-order valence-electron chi connectivity index (χ3n) is 5.20. The molecule has 4 amide bonds. The molecule has 194 valence electrons. The number of carbonyl (C=O) groups excluding carboxylic acids is 4. The van der Waals surface area contributed by atoms with Crippen LogP contribution in [-0.2, 0) is 35.2 Å². The van der Waals surface area contributed by atoms with E-state index < -0.39 is 66.7 Å². The lowest BCUT2D eigenvalue weighted by Crippen LogP contribution is -2.57. The van der Waals surface area contributed by atoms with Gasteiger partial charge in [-0.1, -0.05) is 18.2 Å². The normalized spacial score (nSPS) is 13.2. The second-order valence-corrected chi connectivity index (χ2v) is 8.01. The first-order valence-corrected chi connectivity index (χ1v) is 10.9. The van der Waals surface area contributed by atoms with Gasteiger partial charge in [-0.05, 0) is 18.1 Å². The van der Waals surface area contributed by atoms with Crippen LogP contribution in [0.2, 0.25) is 0 Å². The van der Waals surface area contributed by atoms with Crippen LogP contribution in [0, 0.1) is 0 Å². The molecule has 14 nitrogen and oxygen atoms in total. The molecule has 1 aromatic heterocycles. The molecule has 0 saturated carbocycles. The number of aromatic nitrogens is 1. The molecule has 3 atom stereocenters. The van der Waals surface area contributed by atoms with Crippen LogP contribution >= 0.6 is 0 Å². The molecule has 14 heteroatoms. The van der Waals surface area contributed by atoms with Gasteiger partial charge in [0.05, 0.1) is 12.5 Å². The van der Waals surface area contributed by atoms with Crippen LogP contribution in [0.1, 0.15) is 24.8 Å². The number of primary amides is 1. The van der Waals surface area contributed by atoms with Crippen molar-refractivity contribution in [2.75, 3.05) is 6.54 Å². The fourth-order valence-corrected chi connectivity index (χ4v) is 3.38. The van der Waals surface area contributed by atoms with Crippen molar-refractivity contribution in [3.63, 3.8) is 0 Å². The first kappa shape index (κ1) is 27.8. The molecular formula is C22H28N6O8. The summed E-state index contributed by atoms with van der Waals surface area (Å²) in [7, 11) is 0. The molecule has 1 aromatic carbocycles. The Labute approximate surface area is 204 Å². The second-order valence-electron chi connectivity index (χ2n) is 8.01. The molecule has 0 bridgehead atoms. The average Bonchev–Trinajstić information content (AvgIpc) is 3.22. The number of aliphatic carboxylic acids is 2. The number of amides is 4. The number of nitrogens with two attached hydrogens (primary N) is 2. The van der Waals surface area contributed by atoms with Crippen LogP contribution in [-0.4, -0.2) is 75.4 Å². The maximum absolute atomic E-state index is 13.1. The second kappa shape index (κ2) is 12.9. The number of hydrogen-bond donors (Lipinski definition) is 8. The Morgan fingerprint density at radius 3 is 2.22 bits per heavy atom. The number of nitrogens with one attached hydrogen (secondary N) is 4. The summed E-state index contributed by atoms with van der Waals surface area (Å²) in [6.45, 7) is -0.783. The molecule has 10 N–H and O–H groups in total. The van der Waals surface area contributed by atoms with Crippen LogP contribution in [0.3, 0.4) is 0 Å². The van der Waals surface area contributed by atoms with Crippen molar-refractivity contribution in [1.82, 2.24) is 20.9 Å². The van der Waals surface area contributed by atoms with E-state index in [0.29, 0.717) is 5.56 Å². The van der Waals surface area contributed by atoms with E-state index in [1.807, 2.05) is 11.4 Å². The van der Waals surface area contributed by atoms with E-state index >= 15 is 0 Å². The van der Waals surface area contributed by atoms with Crippen LogP contribution in [0.15, 0.2) is 30.5 Å². The fraction of sp³-hybridized carbons (Fsp3) is 0.364. The first-order chi connectivity index (χ1) is 17.0. The molecule has 0 aliphatic carbocycles. The number of carboxylic acids is 2. The van der Waals surface area contributed by atoms with Gasteiger partial charge in [-0.25, -0.2) is 0 Å². The summed E-state index contributed by atoms with van der Waals surface area (Å²) in [6.07, 6.45) is 0.530. The Morgan fingerprint density at radius 2 is 1.58 bits per heavy atom. The number of carbonyl (C=O) groups is 6. The Kier molecular flexibility index (Phi) is 9.92. The molecule has 0 saturated heterocycles. The third-order valence-corrected chi connectivity index (χ3v) is 5.20. The van der Waals surface area contributed by atoms with E-state index in [1.165, 1.54) is 0 Å². The van der Waals surface area contributed by atoms with Gasteiger partial charge in [-0.15, -0.1) is 0 Å². The van der Waals surface area contributed by atoms with Gasteiger partial charge in [0.25, 0.3) is 0 Å². The van der Waals surface area contributed by atoms with Gasteiger partial charge < -0.3 is 42.6 Å². The fourth-order valence-electron chi connectivity index (χ4n) is 3.38. The zero-order chi connectivity index (χ0) is 26.8. The molecule has 0 radical (unpaired) electrons. The summed E-state index contributed by atoms with van der Waals surface area (Å²) in [6, 6.07) is 3.12. The Morgan fingerprint density at radius 1 is 0.917 bits per heavy atom. The van der Waals surface area contributed by atoms with Gasteiger partial charge in [0, 0.05) is 29.9 Å². The van der Waals surface area contributed by atoms with Crippen molar-refractivity contribution in [2.45, 2.75) is 43.8 Å². The molecule has 0 fully saturated rings. The maximum Gasteiger partial charge on any atom is 0.322 e. The standard InChI is InChI=1S/C22H28N6O8/c23-13(5-6-17(24)29)20(34)27-15(7-11-9-25-14-4-2-1-3-12(11)14)22(36)28-16(8-18(30)31)21(35)26-10-19(32)33/h1-4,9,13,15-16,25H,5-8,10,23H2,(H2,24,29)(H,26,35)(H,27,34)(H,28,36)(H,30,31)(H,32,33). The van der Waals surface area contributed by atoms with E-state index in [1.54, 1.807) is 24.4 Å². The SMILES string of the molecule is NC(=O)CCC(N)C(=O)NC(Cc1c[nH]c2ccccc12)C(=O)NC(CC(=O)O)C(=O)NCC(=O)O. The number of para-hydroxylation sites is 1. The minimum atomic E-state index is -1.61. The summed E-state index contributed by atoms with van der Waals surface area (Å²) >= 11 is 0. The molecule has 0 spiro atoms. The lowest BCUT2D eigenvalue weighted by molar-refractivity contribution is -0.141. The smallest absolute Gasteiger partial charge is 0.322 e. The molecular weight excluding hydrogens is 476 g/mol. The lowest BCUT2D eigenvalue weighted by atomic mass is 10.0. The minimum absolute atomic E-state index is 0.0549. The third kappa shape index (κ3) is 8.39. The predicted octanol–water partition coefficient (Wildman–Crippen LogP) is -2.05. The van der Waals surface area contributed by atoms with Crippen molar-refractivity contribution in [2.24, 2.45) is 11.5 Å². The van der Waals surface area contributed by atoms with Gasteiger partial charge in [-0.2, -0.15) is 0 Å².